The summed E-state index contributed by atoms with van der Waals surface area (Å²) >= 11 is 0. The SMILES string of the molecule is NC[CH]Cc1ccc(CO)cc1. The predicted octanol–water partition coefficient (Wildman–Crippen LogP) is 0.884. The number of hydrogen-bond acceptors (Lipinski definition) is 2. The minimum absolute atomic E-state index is 0.112. The Morgan fingerprint density at radius 3 is 2.25 bits per heavy atom. The number of hydrogen-bond donors (Lipinski definition) is 2. The van der Waals surface area contributed by atoms with E-state index in [1.807, 2.05) is 30.7 Å². The fourth-order valence-corrected chi connectivity index (χ4v) is 1.03. The van der Waals surface area contributed by atoms with Gasteiger partial charge in [-0.3, -0.25) is 0 Å². The van der Waals surface area contributed by atoms with Gasteiger partial charge in [0.15, 0.2) is 0 Å². The topological polar surface area (TPSA) is 46.2 Å². The quantitative estimate of drug-likeness (QED) is 0.694. The zero-order valence-corrected chi connectivity index (χ0v) is 7.03. The van der Waals surface area contributed by atoms with Crippen LogP contribution < -0.4 is 5.73 Å². The van der Waals surface area contributed by atoms with Crippen LogP contribution in [0.4, 0.5) is 0 Å². The Bertz CT molecular complexity index is 218. The Kier molecular flexibility index (Phi) is 3.77. The molecule has 1 aromatic carbocycles. The third-order valence-corrected chi connectivity index (χ3v) is 1.75. The summed E-state index contributed by atoms with van der Waals surface area (Å²) in [6.45, 7) is 0.725. The Balaban J connectivity index is 2.53. The van der Waals surface area contributed by atoms with Gasteiger partial charge in [-0.25, -0.2) is 0 Å². The molecule has 1 aromatic rings. The van der Waals surface area contributed by atoms with Gasteiger partial charge in [0.1, 0.15) is 0 Å². The number of benzene rings is 1. The molecule has 0 spiro atoms. The molecule has 0 unspecified atom stereocenters. The van der Waals surface area contributed by atoms with E-state index in [9.17, 15) is 0 Å². The second kappa shape index (κ2) is 4.91. The molecule has 0 aliphatic rings. The third-order valence-electron chi connectivity index (χ3n) is 1.75. The molecule has 0 aliphatic heterocycles. The van der Waals surface area contributed by atoms with Crippen molar-refractivity contribution < 1.29 is 5.11 Å². The highest BCUT2D eigenvalue weighted by Crippen LogP contribution is 2.05. The molecule has 0 atom stereocenters. The van der Waals surface area contributed by atoms with E-state index in [2.05, 4.69) is 0 Å². The van der Waals surface area contributed by atoms with Crippen LogP contribution in [0.5, 0.6) is 0 Å². The number of aliphatic hydroxyl groups is 1. The van der Waals surface area contributed by atoms with Crippen molar-refractivity contribution in [1.29, 1.82) is 0 Å². The van der Waals surface area contributed by atoms with E-state index in [0.717, 1.165) is 12.0 Å². The first-order valence-corrected chi connectivity index (χ1v) is 4.07. The largest absolute Gasteiger partial charge is 0.392 e. The highest BCUT2D eigenvalue weighted by molar-refractivity contribution is 5.22. The molecule has 0 fully saturated rings. The van der Waals surface area contributed by atoms with Crippen LogP contribution in [0.3, 0.4) is 0 Å². The summed E-state index contributed by atoms with van der Waals surface area (Å²) < 4.78 is 0. The Morgan fingerprint density at radius 2 is 1.75 bits per heavy atom. The van der Waals surface area contributed by atoms with Crippen molar-refractivity contribution in [3.05, 3.63) is 41.8 Å². The number of aliphatic hydroxyl groups excluding tert-OH is 1. The molecule has 2 heteroatoms. The second-order valence-electron chi connectivity index (χ2n) is 2.70. The van der Waals surface area contributed by atoms with Crippen LogP contribution in [0.25, 0.3) is 0 Å². The molecule has 0 aliphatic carbocycles. The third kappa shape index (κ3) is 2.64. The van der Waals surface area contributed by atoms with E-state index in [1.165, 1.54) is 5.56 Å². The van der Waals surface area contributed by atoms with E-state index in [-0.39, 0.29) is 6.61 Å². The maximum absolute atomic E-state index is 8.78. The van der Waals surface area contributed by atoms with Gasteiger partial charge in [-0.1, -0.05) is 24.3 Å². The predicted molar refractivity (Wildman–Crippen MR) is 49.4 cm³/mol. The molecule has 1 radical (unpaired) electrons. The molecule has 2 nitrogen and oxygen atoms in total. The van der Waals surface area contributed by atoms with Gasteiger partial charge in [0.05, 0.1) is 6.61 Å². The Morgan fingerprint density at radius 1 is 1.17 bits per heavy atom. The van der Waals surface area contributed by atoms with Gasteiger partial charge in [0, 0.05) is 0 Å². The Labute approximate surface area is 73.0 Å². The van der Waals surface area contributed by atoms with Crippen molar-refractivity contribution in [2.75, 3.05) is 6.54 Å². The molecule has 65 valence electrons. The van der Waals surface area contributed by atoms with Crippen molar-refractivity contribution >= 4 is 0 Å². The lowest BCUT2D eigenvalue weighted by molar-refractivity contribution is 0.282. The molecule has 0 amide bonds. The van der Waals surface area contributed by atoms with Crippen LogP contribution in [0.15, 0.2) is 24.3 Å². The molecule has 1 rings (SSSR count). The lowest BCUT2D eigenvalue weighted by Crippen LogP contribution is -2.01. The summed E-state index contributed by atoms with van der Waals surface area (Å²) in [5, 5.41) is 8.78. The number of nitrogens with two attached hydrogens (primary N) is 1. The van der Waals surface area contributed by atoms with Gasteiger partial charge >= 0.3 is 0 Å². The lowest BCUT2D eigenvalue weighted by atomic mass is 10.1. The summed E-state index contributed by atoms with van der Waals surface area (Å²) in [6.07, 6.45) is 2.93. The van der Waals surface area contributed by atoms with Gasteiger partial charge in [-0.05, 0) is 30.5 Å². The molecule has 0 bridgehead atoms. The number of rotatable bonds is 4. The first kappa shape index (κ1) is 9.23. The van der Waals surface area contributed by atoms with Gasteiger partial charge in [-0.15, -0.1) is 0 Å². The lowest BCUT2D eigenvalue weighted by Gasteiger charge is -2.00. The van der Waals surface area contributed by atoms with E-state index in [4.69, 9.17) is 10.8 Å². The van der Waals surface area contributed by atoms with Crippen LogP contribution >= 0.6 is 0 Å². The summed E-state index contributed by atoms with van der Waals surface area (Å²) in [5.74, 6) is 0. The standard InChI is InChI=1S/C10H14NO/c11-7-1-2-9-3-5-10(8-12)6-4-9/h1,3-6,12H,2,7-8,11H2. The van der Waals surface area contributed by atoms with Crippen molar-refractivity contribution in [3.8, 4) is 0 Å². The fourth-order valence-electron chi connectivity index (χ4n) is 1.03. The zero-order chi connectivity index (χ0) is 8.81. The van der Waals surface area contributed by atoms with E-state index in [0.29, 0.717) is 6.54 Å². The second-order valence-corrected chi connectivity index (χ2v) is 2.70. The van der Waals surface area contributed by atoms with Crippen molar-refractivity contribution in [2.45, 2.75) is 13.0 Å². The van der Waals surface area contributed by atoms with Crippen LogP contribution in [-0.2, 0) is 13.0 Å². The monoisotopic (exact) mass is 164 g/mol. The minimum Gasteiger partial charge on any atom is -0.392 e. The first-order chi connectivity index (χ1) is 5.86. The molecular formula is C10H14NO. The maximum atomic E-state index is 8.78. The average Bonchev–Trinajstić information content (AvgIpc) is 2.15. The van der Waals surface area contributed by atoms with E-state index < -0.39 is 0 Å². The molecule has 0 saturated carbocycles. The summed E-state index contributed by atoms with van der Waals surface area (Å²) in [7, 11) is 0. The smallest absolute Gasteiger partial charge is 0.0681 e. The minimum atomic E-state index is 0.112. The molecule has 0 saturated heterocycles. The summed E-state index contributed by atoms with van der Waals surface area (Å²) in [5.41, 5.74) is 7.52. The van der Waals surface area contributed by atoms with Crippen LogP contribution in [0, 0.1) is 6.42 Å². The molecule has 0 aromatic heterocycles. The van der Waals surface area contributed by atoms with Crippen molar-refractivity contribution in [3.63, 3.8) is 0 Å². The molecule has 3 N–H and O–H groups in total. The highest BCUT2D eigenvalue weighted by atomic mass is 16.3. The van der Waals surface area contributed by atoms with Gasteiger partial charge in [0.25, 0.3) is 0 Å². The molecule has 12 heavy (non-hydrogen) atoms. The normalized spacial score (nSPS) is 10.2. The van der Waals surface area contributed by atoms with Gasteiger partial charge in [0.2, 0.25) is 0 Å². The molecular weight excluding hydrogens is 150 g/mol. The van der Waals surface area contributed by atoms with E-state index in [1.54, 1.807) is 0 Å². The van der Waals surface area contributed by atoms with Crippen LogP contribution in [0.1, 0.15) is 11.1 Å². The fraction of sp³-hybridized carbons (Fsp3) is 0.300. The zero-order valence-electron chi connectivity index (χ0n) is 7.03. The van der Waals surface area contributed by atoms with Crippen molar-refractivity contribution in [1.82, 2.24) is 0 Å². The molecule has 0 heterocycles. The van der Waals surface area contributed by atoms with Crippen molar-refractivity contribution in [2.24, 2.45) is 5.73 Å². The van der Waals surface area contributed by atoms with Crippen LogP contribution in [-0.4, -0.2) is 11.7 Å². The summed E-state index contributed by atoms with van der Waals surface area (Å²) in [6, 6.07) is 7.88. The van der Waals surface area contributed by atoms with E-state index >= 15 is 0 Å². The van der Waals surface area contributed by atoms with Gasteiger partial charge in [-0.2, -0.15) is 0 Å². The Hall–Kier alpha value is -0.860. The maximum Gasteiger partial charge on any atom is 0.0681 e. The summed E-state index contributed by atoms with van der Waals surface area (Å²) in [4.78, 5) is 0. The van der Waals surface area contributed by atoms with Gasteiger partial charge < -0.3 is 10.8 Å². The average molecular weight is 164 g/mol. The highest BCUT2D eigenvalue weighted by Gasteiger charge is 1.92. The van der Waals surface area contributed by atoms with Crippen LogP contribution in [0.2, 0.25) is 0 Å². The first-order valence-electron chi connectivity index (χ1n) is 4.07.